The maximum absolute atomic E-state index is 12.9. The molecule has 0 bridgehead atoms. The first-order chi connectivity index (χ1) is 16.9. The van der Waals surface area contributed by atoms with Gasteiger partial charge in [-0.2, -0.15) is 0 Å². The third-order valence-electron chi connectivity index (χ3n) is 6.18. The van der Waals surface area contributed by atoms with Crippen molar-refractivity contribution in [3.8, 4) is 0 Å². The average molecular weight is 474 g/mol. The highest BCUT2D eigenvalue weighted by atomic mass is 16.6. The van der Waals surface area contributed by atoms with E-state index in [1.54, 1.807) is 36.4 Å². The Morgan fingerprint density at radius 2 is 1.54 bits per heavy atom. The zero-order chi connectivity index (χ0) is 24.8. The van der Waals surface area contributed by atoms with E-state index in [1.807, 2.05) is 24.3 Å². The summed E-state index contributed by atoms with van der Waals surface area (Å²) >= 11 is 0. The lowest BCUT2D eigenvalue weighted by atomic mass is 10.0. The number of benzene rings is 3. The van der Waals surface area contributed by atoms with Crippen molar-refractivity contribution in [1.82, 2.24) is 0 Å². The lowest BCUT2D eigenvalue weighted by Crippen LogP contribution is -2.19. The van der Waals surface area contributed by atoms with Crippen LogP contribution in [-0.2, 0) is 17.6 Å². The molecule has 0 unspecified atom stereocenters. The van der Waals surface area contributed by atoms with Crippen molar-refractivity contribution < 1.29 is 19.2 Å². The standard InChI is InChI=1S/C27H27N3O5/c1-35-27(32)21-10-6-19(7-11-21)4-5-20-8-12-22(13-9-20)28-26(31)24-18-23(29-16-2-3-17-29)14-15-25(24)30(33)34/h6-15,18H,2-5,16-17H2,1H3,(H,28,31). The molecule has 8 heteroatoms. The highest BCUT2D eigenvalue weighted by molar-refractivity contribution is 6.07. The SMILES string of the molecule is COC(=O)c1ccc(CCc2ccc(NC(=O)c3cc(N4CCCC4)ccc3[N+](=O)[O-])cc2)cc1. The van der Waals surface area contributed by atoms with E-state index in [1.165, 1.54) is 13.2 Å². The number of nitro benzene ring substituents is 1. The first-order valence-electron chi connectivity index (χ1n) is 11.6. The van der Waals surface area contributed by atoms with Gasteiger partial charge in [0.05, 0.1) is 17.6 Å². The van der Waals surface area contributed by atoms with E-state index in [0.29, 0.717) is 11.3 Å². The van der Waals surface area contributed by atoms with Crippen molar-refractivity contribution in [1.29, 1.82) is 0 Å². The Balaban J connectivity index is 1.40. The van der Waals surface area contributed by atoms with Crippen molar-refractivity contribution in [2.75, 3.05) is 30.4 Å². The van der Waals surface area contributed by atoms with E-state index in [0.717, 1.165) is 55.6 Å². The van der Waals surface area contributed by atoms with Crippen LogP contribution >= 0.6 is 0 Å². The Bertz CT molecular complexity index is 1220. The molecule has 180 valence electrons. The number of hydrogen-bond acceptors (Lipinski definition) is 6. The fourth-order valence-corrected chi connectivity index (χ4v) is 4.20. The number of methoxy groups -OCH3 is 1. The molecule has 0 spiro atoms. The van der Waals surface area contributed by atoms with Gasteiger partial charge in [-0.1, -0.05) is 24.3 Å². The number of nitrogens with one attached hydrogen (secondary N) is 1. The lowest BCUT2D eigenvalue weighted by Gasteiger charge is -2.18. The van der Waals surface area contributed by atoms with Crippen LogP contribution in [0.2, 0.25) is 0 Å². The molecule has 35 heavy (non-hydrogen) atoms. The molecule has 0 aliphatic carbocycles. The van der Waals surface area contributed by atoms with E-state index in [-0.39, 0.29) is 17.2 Å². The number of nitro groups is 1. The minimum Gasteiger partial charge on any atom is -0.465 e. The Labute approximate surface area is 203 Å². The van der Waals surface area contributed by atoms with Gasteiger partial charge in [-0.3, -0.25) is 14.9 Å². The molecule has 1 saturated heterocycles. The molecule has 3 aromatic carbocycles. The minimum atomic E-state index is -0.524. The summed E-state index contributed by atoms with van der Waals surface area (Å²) in [5.41, 5.74) is 3.94. The van der Waals surface area contributed by atoms with Gasteiger partial charge in [0.2, 0.25) is 0 Å². The Morgan fingerprint density at radius 1 is 0.943 bits per heavy atom. The van der Waals surface area contributed by atoms with Crippen LogP contribution in [0.5, 0.6) is 0 Å². The van der Waals surface area contributed by atoms with Crippen molar-refractivity contribution in [2.24, 2.45) is 0 Å². The van der Waals surface area contributed by atoms with E-state index in [4.69, 9.17) is 4.74 Å². The summed E-state index contributed by atoms with van der Waals surface area (Å²) in [6.07, 6.45) is 3.73. The number of anilines is 2. The van der Waals surface area contributed by atoms with Crippen LogP contribution in [0.3, 0.4) is 0 Å². The number of hydrogen-bond donors (Lipinski definition) is 1. The molecule has 4 rings (SSSR count). The molecule has 1 aliphatic heterocycles. The highest BCUT2D eigenvalue weighted by Crippen LogP contribution is 2.28. The van der Waals surface area contributed by atoms with E-state index in [2.05, 4.69) is 10.2 Å². The first kappa shape index (κ1) is 23.9. The molecule has 0 radical (unpaired) electrons. The zero-order valence-corrected chi connectivity index (χ0v) is 19.5. The summed E-state index contributed by atoms with van der Waals surface area (Å²) < 4.78 is 4.72. The molecule has 3 aromatic rings. The third kappa shape index (κ3) is 5.84. The lowest BCUT2D eigenvalue weighted by molar-refractivity contribution is -0.385. The molecule has 0 aromatic heterocycles. The van der Waals surface area contributed by atoms with E-state index < -0.39 is 10.8 Å². The van der Waals surface area contributed by atoms with Crippen molar-refractivity contribution in [3.05, 3.63) is 99.1 Å². The van der Waals surface area contributed by atoms with Gasteiger partial charge in [-0.25, -0.2) is 4.79 Å². The number of carbonyl (C=O) groups is 2. The maximum Gasteiger partial charge on any atom is 0.337 e. The summed E-state index contributed by atoms with van der Waals surface area (Å²) in [6, 6.07) is 19.5. The fraction of sp³-hybridized carbons (Fsp3) is 0.259. The molecule has 1 amide bonds. The zero-order valence-electron chi connectivity index (χ0n) is 19.5. The van der Waals surface area contributed by atoms with Crippen molar-refractivity contribution >= 4 is 28.9 Å². The third-order valence-corrected chi connectivity index (χ3v) is 6.18. The van der Waals surface area contributed by atoms with Crippen LogP contribution < -0.4 is 10.2 Å². The monoisotopic (exact) mass is 473 g/mol. The van der Waals surface area contributed by atoms with Gasteiger partial charge in [-0.15, -0.1) is 0 Å². The maximum atomic E-state index is 12.9. The van der Waals surface area contributed by atoms with Gasteiger partial charge in [0, 0.05) is 30.5 Å². The molecule has 0 atom stereocenters. The molecule has 8 nitrogen and oxygen atoms in total. The number of carbonyl (C=O) groups excluding carboxylic acids is 2. The quantitative estimate of drug-likeness (QED) is 0.280. The van der Waals surface area contributed by atoms with Crippen LogP contribution in [0, 0.1) is 10.1 Å². The predicted molar refractivity (Wildman–Crippen MR) is 134 cm³/mol. The highest BCUT2D eigenvalue weighted by Gasteiger charge is 2.23. The summed E-state index contributed by atoms with van der Waals surface area (Å²) in [5, 5.41) is 14.3. The van der Waals surface area contributed by atoms with Crippen molar-refractivity contribution in [2.45, 2.75) is 25.7 Å². The summed E-state index contributed by atoms with van der Waals surface area (Å²) in [7, 11) is 1.36. The largest absolute Gasteiger partial charge is 0.465 e. The normalized spacial score (nSPS) is 12.9. The first-order valence-corrected chi connectivity index (χ1v) is 11.6. The number of nitrogens with zero attached hydrogens (tertiary/aromatic N) is 2. The van der Waals surface area contributed by atoms with E-state index >= 15 is 0 Å². The Hall–Kier alpha value is -4.20. The van der Waals surface area contributed by atoms with E-state index in [9.17, 15) is 19.7 Å². The summed E-state index contributed by atoms with van der Waals surface area (Å²) in [5.74, 6) is -0.863. The predicted octanol–water partition coefficient (Wildman–Crippen LogP) is 5.02. The number of aryl methyl sites for hydroxylation is 2. The second kappa shape index (κ2) is 10.8. The molecule has 1 N–H and O–H groups in total. The molecule has 1 fully saturated rings. The van der Waals surface area contributed by atoms with Crippen LogP contribution in [0.1, 0.15) is 44.7 Å². The van der Waals surface area contributed by atoms with Gasteiger partial charge < -0.3 is 15.0 Å². The summed E-state index contributed by atoms with van der Waals surface area (Å²) in [4.78, 5) is 37.6. The topological polar surface area (TPSA) is 102 Å². The smallest absolute Gasteiger partial charge is 0.337 e. The Morgan fingerprint density at radius 3 is 2.11 bits per heavy atom. The number of ether oxygens (including phenoxy) is 1. The van der Waals surface area contributed by atoms with Crippen LogP contribution in [0.15, 0.2) is 66.7 Å². The van der Waals surface area contributed by atoms with Gasteiger partial charge >= 0.3 is 5.97 Å². The molecule has 1 heterocycles. The van der Waals surface area contributed by atoms with Gasteiger partial charge in [-0.05, 0) is 73.2 Å². The second-order valence-electron chi connectivity index (χ2n) is 8.49. The Kier molecular flexibility index (Phi) is 7.40. The molecule has 0 saturated carbocycles. The van der Waals surface area contributed by atoms with Crippen molar-refractivity contribution in [3.63, 3.8) is 0 Å². The summed E-state index contributed by atoms with van der Waals surface area (Å²) in [6.45, 7) is 1.77. The number of esters is 1. The minimum absolute atomic E-state index is 0.0545. The van der Waals surface area contributed by atoms with Gasteiger partial charge in [0.15, 0.2) is 0 Å². The van der Waals surface area contributed by atoms with Gasteiger partial charge in [0.1, 0.15) is 5.56 Å². The fourth-order valence-electron chi connectivity index (χ4n) is 4.20. The van der Waals surface area contributed by atoms with Crippen LogP contribution in [0.4, 0.5) is 17.1 Å². The molecule has 1 aliphatic rings. The van der Waals surface area contributed by atoms with Crippen LogP contribution in [0.25, 0.3) is 0 Å². The van der Waals surface area contributed by atoms with Crippen LogP contribution in [-0.4, -0.2) is 37.0 Å². The second-order valence-corrected chi connectivity index (χ2v) is 8.49. The number of rotatable bonds is 8. The number of amides is 1. The molecular weight excluding hydrogens is 446 g/mol. The van der Waals surface area contributed by atoms with Gasteiger partial charge in [0.25, 0.3) is 11.6 Å². The average Bonchev–Trinajstić information content (AvgIpc) is 3.43. The molecular formula is C27H27N3O5.